The van der Waals surface area contributed by atoms with E-state index >= 15 is 0 Å². The summed E-state index contributed by atoms with van der Waals surface area (Å²) in [5.74, 6) is -0.859. The summed E-state index contributed by atoms with van der Waals surface area (Å²) in [5.41, 5.74) is 5.34. The van der Waals surface area contributed by atoms with Crippen molar-refractivity contribution in [3.05, 3.63) is 36.5 Å². The maximum Gasteiger partial charge on any atom is 0.472 e. The quantitative estimate of drug-likeness (QED) is 0.0203. The Balaban J connectivity index is 2.18. The van der Waals surface area contributed by atoms with Gasteiger partial charge in [-0.2, -0.15) is 0 Å². The van der Waals surface area contributed by atoms with Crippen LogP contribution in [0, 0.1) is 0 Å². The van der Waals surface area contributed by atoms with Gasteiger partial charge >= 0.3 is 19.8 Å². The van der Waals surface area contributed by atoms with Crippen molar-refractivity contribution >= 4 is 19.8 Å². The third-order valence-electron chi connectivity index (χ3n) is 9.42. The van der Waals surface area contributed by atoms with Crippen molar-refractivity contribution in [3.63, 3.8) is 0 Å². The second-order valence-corrected chi connectivity index (χ2v) is 16.0. The lowest BCUT2D eigenvalue weighted by Gasteiger charge is -2.19. The maximum absolute atomic E-state index is 12.6. The number of esters is 2. The summed E-state index contributed by atoms with van der Waals surface area (Å²) >= 11 is 0. The highest BCUT2D eigenvalue weighted by Crippen LogP contribution is 2.43. The number of hydrogen-bond donors (Lipinski definition) is 2. The number of epoxide rings is 1. The largest absolute Gasteiger partial charge is 0.472 e. The number of rotatable bonds is 39. The molecule has 0 spiro atoms. The number of unbranched alkanes of at least 4 members (excludes halogenated alkanes) is 17. The molecule has 3 N–H and O–H groups in total. The highest BCUT2D eigenvalue weighted by atomic mass is 31.2. The summed E-state index contributed by atoms with van der Waals surface area (Å²) in [7, 11) is -4.39. The predicted octanol–water partition coefficient (Wildman–Crippen LogP) is 11.2. The highest BCUT2D eigenvalue weighted by molar-refractivity contribution is 7.47. The van der Waals surface area contributed by atoms with Crippen molar-refractivity contribution < 1.29 is 42.3 Å². The van der Waals surface area contributed by atoms with E-state index in [4.69, 9.17) is 29.0 Å². The minimum Gasteiger partial charge on any atom is -0.462 e. The normalized spacial score (nSPS) is 17.4. The SMILES string of the molecule is CCCCC/C=C\C/C=C\CCCCCCCCCC(=O)OC[C@H](COP(=O)(O)OCCN)OC(=O)CCCCCCC/C=C\CC1OC1CCCCC. The van der Waals surface area contributed by atoms with Crippen molar-refractivity contribution in [1.82, 2.24) is 0 Å². The zero-order valence-corrected chi connectivity index (χ0v) is 35.0. The van der Waals surface area contributed by atoms with Crippen LogP contribution in [0.1, 0.15) is 181 Å². The molecular weight excluding hydrogens is 705 g/mol. The van der Waals surface area contributed by atoms with Crippen molar-refractivity contribution in [3.8, 4) is 0 Å². The number of carbonyl (C=O) groups is 2. The van der Waals surface area contributed by atoms with Gasteiger partial charge < -0.3 is 24.8 Å². The fraction of sp³-hybridized carbons (Fsp3) is 0.814. The maximum atomic E-state index is 12.6. The molecule has 0 aromatic heterocycles. The molecule has 1 aliphatic rings. The lowest BCUT2D eigenvalue weighted by atomic mass is 10.1. The molecule has 3 unspecified atom stereocenters. The molecule has 1 fully saturated rings. The topological polar surface area (TPSA) is 147 Å². The van der Waals surface area contributed by atoms with Crippen molar-refractivity contribution in [2.45, 2.75) is 199 Å². The molecule has 0 amide bonds. The zero-order chi connectivity index (χ0) is 39.4. The fourth-order valence-electron chi connectivity index (χ4n) is 6.08. The molecule has 314 valence electrons. The van der Waals surface area contributed by atoms with E-state index in [9.17, 15) is 19.0 Å². The lowest BCUT2D eigenvalue weighted by Crippen LogP contribution is -2.29. The molecule has 0 saturated carbocycles. The van der Waals surface area contributed by atoms with Gasteiger partial charge in [0.05, 0.1) is 25.4 Å². The molecule has 0 aromatic rings. The molecule has 0 radical (unpaired) electrons. The fourth-order valence-corrected chi connectivity index (χ4v) is 6.85. The zero-order valence-electron chi connectivity index (χ0n) is 34.1. The summed E-state index contributed by atoms with van der Waals surface area (Å²) in [6.07, 6.45) is 40.5. The molecule has 0 bridgehead atoms. The molecular formula is C43H78NO9P. The Morgan fingerprint density at radius 1 is 0.667 bits per heavy atom. The Labute approximate surface area is 329 Å². The van der Waals surface area contributed by atoms with Crippen molar-refractivity contribution in [2.75, 3.05) is 26.4 Å². The van der Waals surface area contributed by atoms with E-state index < -0.39 is 32.5 Å². The van der Waals surface area contributed by atoms with Crippen LogP contribution in [-0.4, -0.2) is 61.5 Å². The van der Waals surface area contributed by atoms with Crippen LogP contribution in [0.5, 0.6) is 0 Å². The smallest absolute Gasteiger partial charge is 0.462 e. The Bertz CT molecular complexity index is 1050. The molecule has 4 atom stereocenters. The standard InChI is InChI=1S/C43H78NO9P/c1-3-5-7-8-9-10-11-12-13-14-15-16-17-18-22-25-29-33-42(45)49-37-39(38-51-54(47,48)50-36-35-44)52-43(46)34-30-26-23-20-19-21-24-28-32-41-40(53-41)31-27-6-4-2/h9-10,12-13,24,28,39-41H,3-8,11,14-23,25-27,29-38,44H2,1-2H3,(H,47,48)/b10-9-,13-12-,28-24-/t39-,40?,41?/m1/s1. The van der Waals surface area contributed by atoms with E-state index in [2.05, 4.69) is 50.3 Å². The molecule has 1 aliphatic heterocycles. The molecule has 1 heterocycles. The number of phosphoric acid groups is 1. The Morgan fingerprint density at radius 2 is 1.20 bits per heavy atom. The van der Waals surface area contributed by atoms with Crippen LogP contribution in [0.2, 0.25) is 0 Å². The number of allylic oxidation sites excluding steroid dienone is 5. The number of ether oxygens (including phenoxy) is 3. The van der Waals surface area contributed by atoms with Crippen molar-refractivity contribution in [1.29, 1.82) is 0 Å². The summed E-state index contributed by atoms with van der Waals surface area (Å²) in [6, 6.07) is 0. The number of nitrogens with two attached hydrogens (primary N) is 1. The summed E-state index contributed by atoms with van der Waals surface area (Å²) < 4.78 is 38.5. The Kier molecular flexibility index (Phi) is 33.1. The van der Waals surface area contributed by atoms with Gasteiger partial charge in [-0.25, -0.2) is 4.57 Å². The predicted molar refractivity (Wildman–Crippen MR) is 219 cm³/mol. The summed E-state index contributed by atoms with van der Waals surface area (Å²) in [4.78, 5) is 34.9. The summed E-state index contributed by atoms with van der Waals surface area (Å²) in [5, 5.41) is 0. The van der Waals surface area contributed by atoms with Crippen LogP contribution < -0.4 is 5.73 Å². The number of phosphoric ester groups is 1. The first-order chi connectivity index (χ1) is 26.3. The van der Waals surface area contributed by atoms with Gasteiger partial charge in [-0.1, -0.05) is 134 Å². The average Bonchev–Trinajstić information content (AvgIpc) is 3.91. The molecule has 0 aromatic carbocycles. The van der Waals surface area contributed by atoms with E-state index in [-0.39, 0.29) is 32.6 Å². The first-order valence-corrected chi connectivity index (χ1v) is 23.1. The molecule has 1 rings (SSSR count). The van der Waals surface area contributed by atoms with E-state index in [1.54, 1.807) is 0 Å². The van der Waals surface area contributed by atoms with E-state index in [0.717, 1.165) is 77.0 Å². The van der Waals surface area contributed by atoms with E-state index in [1.165, 1.54) is 70.6 Å². The highest BCUT2D eigenvalue weighted by Gasteiger charge is 2.36. The van der Waals surface area contributed by atoms with Gasteiger partial charge in [0.1, 0.15) is 6.61 Å². The van der Waals surface area contributed by atoms with Crippen LogP contribution >= 0.6 is 7.82 Å². The first-order valence-electron chi connectivity index (χ1n) is 21.6. The molecule has 54 heavy (non-hydrogen) atoms. The van der Waals surface area contributed by atoms with E-state index in [1.807, 2.05) is 0 Å². The second kappa shape index (κ2) is 35.6. The minimum absolute atomic E-state index is 0.0469. The summed E-state index contributed by atoms with van der Waals surface area (Å²) in [6.45, 7) is 3.64. The van der Waals surface area contributed by atoms with Gasteiger partial charge in [-0.15, -0.1) is 0 Å². The van der Waals surface area contributed by atoms with Gasteiger partial charge in [0.15, 0.2) is 6.10 Å². The van der Waals surface area contributed by atoms with Crippen LogP contribution in [0.15, 0.2) is 36.5 Å². The molecule has 10 nitrogen and oxygen atoms in total. The molecule has 0 aliphatic carbocycles. The van der Waals surface area contributed by atoms with E-state index in [0.29, 0.717) is 18.6 Å². The van der Waals surface area contributed by atoms with Crippen molar-refractivity contribution in [2.24, 2.45) is 5.73 Å². The van der Waals surface area contributed by atoms with Crippen LogP contribution in [0.3, 0.4) is 0 Å². The Morgan fingerprint density at radius 3 is 1.81 bits per heavy atom. The second-order valence-electron chi connectivity index (χ2n) is 14.6. The minimum atomic E-state index is -4.39. The first kappa shape index (κ1) is 50.2. The third kappa shape index (κ3) is 32.4. The average molecular weight is 784 g/mol. The number of hydrogen-bond acceptors (Lipinski definition) is 9. The van der Waals surface area contributed by atoms with Gasteiger partial charge in [0, 0.05) is 19.4 Å². The number of carbonyl (C=O) groups excluding carboxylic acids is 2. The van der Waals surface area contributed by atoms with Crippen LogP contribution in [0.25, 0.3) is 0 Å². The lowest BCUT2D eigenvalue weighted by molar-refractivity contribution is -0.161. The Hall–Kier alpha value is -1.81. The van der Waals surface area contributed by atoms with Gasteiger partial charge in [0.25, 0.3) is 0 Å². The monoisotopic (exact) mass is 784 g/mol. The van der Waals surface area contributed by atoms with Crippen LogP contribution in [0.4, 0.5) is 0 Å². The van der Waals surface area contributed by atoms with Gasteiger partial charge in [-0.05, 0) is 70.6 Å². The van der Waals surface area contributed by atoms with Gasteiger partial charge in [-0.3, -0.25) is 18.6 Å². The molecule has 1 saturated heterocycles. The molecule has 11 heteroatoms. The van der Waals surface area contributed by atoms with Crippen LogP contribution in [-0.2, 0) is 37.4 Å². The van der Waals surface area contributed by atoms with Gasteiger partial charge in [0.2, 0.25) is 0 Å². The third-order valence-corrected chi connectivity index (χ3v) is 10.4.